The van der Waals surface area contributed by atoms with Gasteiger partial charge in [-0.05, 0) is 43.1 Å². The minimum atomic E-state index is 0.251. The zero-order valence-electron chi connectivity index (χ0n) is 14.4. The number of rotatable bonds is 3. The van der Waals surface area contributed by atoms with Crippen molar-refractivity contribution < 1.29 is 4.79 Å². The van der Waals surface area contributed by atoms with Crippen LogP contribution in [-0.4, -0.2) is 34.3 Å². The first-order chi connectivity index (χ1) is 11.8. The molecular formula is C20H26N2OS. The molecule has 1 aliphatic heterocycles. The Morgan fingerprint density at radius 3 is 2.83 bits per heavy atom. The van der Waals surface area contributed by atoms with Gasteiger partial charge < -0.3 is 9.88 Å². The van der Waals surface area contributed by atoms with Crippen molar-refractivity contribution in [2.24, 2.45) is 5.92 Å². The molecule has 1 N–H and O–H groups in total. The third-order valence-corrected chi connectivity index (χ3v) is 6.30. The first kappa shape index (κ1) is 16.1. The molecule has 1 fully saturated rings. The maximum absolute atomic E-state index is 12.8. The Morgan fingerprint density at radius 2 is 2.04 bits per heavy atom. The first-order valence-corrected chi connectivity index (χ1v) is 10.6. The molecule has 0 bridgehead atoms. The molecule has 1 amide bonds. The van der Waals surface area contributed by atoms with E-state index in [-0.39, 0.29) is 6.04 Å². The first-order valence-electron chi connectivity index (χ1n) is 9.17. The van der Waals surface area contributed by atoms with E-state index in [0.29, 0.717) is 17.6 Å². The molecule has 2 heterocycles. The predicted octanol–water partition coefficient (Wildman–Crippen LogP) is 4.54. The molecule has 3 nitrogen and oxygen atoms in total. The van der Waals surface area contributed by atoms with Crippen LogP contribution in [0.4, 0.5) is 0 Å². The van der Waals surface area contributed by atoms with Gasteiger partial charge in [0.2, 0.25) is 5.91 Å². The number of benzene rings is 1. The van der Waals surface area contributed by atoms with Crippen molar-refractivity contribution in [1.82, 2.24) is 9.88 Å². The second-order valence-electron chi connectivity index (χ2n) is 7.18. The maximum atomic E-state index is 12.8. The van der Waals surface area contributed by atoms with E-state index in [1.807, 2.05) is 6.26 Å². The lowest BCUT2D eigenvalue weighted by atomic mass is 9.79. The molecule has 0 radical (unpaired) electrons. The van der Waals surface area contributed by atoms with Gasteiger partial charge in [-0.25, -0.2) is 0 Å². The number of carbonyl (C=O) groups is 1. The quantitative estimate of drug-likeness (QED) is 0.889. The molecule has 1 aliphatic carbocycles. The van der Waals surface area contributed by atoms with Gasteiger partial charge in [0.15, 0.2) is 0 Å². The van der Waals surface area contributed by atoms with Crippen LogP contribution in [0.15, 0.2) is 24.3 Å². The van der Waals surface area contributed by atoms with Crippen LogP contribution in [0.25, 0.3) is 10.9 Å². The third kappa shape index (κ3) is 2.75. The highest BCUT2D eigenvalue weighted by Gasteiger charge is 2.38. The van der Waals surface area contributed by atoms with Gasteiger partial charge in [-0.1, -0.05) is 37.5 Å². The molecule has 4 rings (SSSR count). The predicted molar refractivity (Wildman–Crippen MR) is 101 cm³/mol. The summed E-state index contributed by atoms with van der Waals surface area (Å²) in [5.74, 6) is 1.51. The maximum Gasteiger partial charge on any atom is 0.233 e. The average Bonchev–Trinajstić information content (AvgIpc) is 3.00. The summed E-state index contributed by atoms with van der Waals surface area (Å²) in [6, 6.07) is 8.86. The fraction of sp³-hybridized carbons (Fsp3) is 0.550. The van der Waals surface area contributed by atoms with Crippen LogP contribution in [0.1, 0.15) is 49.4 Å². The van der Waals surface area contributed by atoms with E-state index in [1.165, 1.54) is 54.3 Å². The number of carbonyl (C=O) groups excluding carboxylic acids is 1. The molecule has 4 heteroatoms. The number of amides is 1. The van der Waals surface area contributed by atoms with E-state index in [2.05, 4.69) is 34.1 Å². The number of nitrogens with zero attached hydrogens (tertiary/aromatic N) is 1. The van der Waals surface area contributed by atoms with Crippen LogP contribution in [0, 0.1) is 5.92 Å². The van der Waals surface area contributed by atoms with Crippen LogP contribution < -0.4 is 0 Å². The Bertz CT molecular complexity index is 732. The van der Waals surface area contributed by atoms with E-state index in [9.17, 15) is 4.79 Å². The summed E-state index contributed by atoms with van der Waals surface area (Å²) in [6.45, 7) is 0.870. The van der Waals surface area contributed by atoms with Gasteiger partial charge in [-0.2, -0.15) is 11.8 Å². The van der Waals surface area contributed by atoms with Crippen molar-refractivity contribution in [3.8, 4) is 0 Å². The zero-order chi connectivity index (χ0) is 16.5. The summed E-state index contributed by atoms with van der Waals surface area (Å²) in [7, 11) is 0. The van der Waals surface area contributed by atoms with Crippen LogP contribution in [0.3, 0.4) is 0 Å². The Kier molecular flexibility index (Phi) is 4.57. The summed E-state index contributed by atoms with van der Waals surface area (Å²) >= 11 is 1.64. The summed E-state index contributed by atoms with van der Waals surface area (Å²) in [6.07, 6.45) is 9.46. The number of H-pyrrole nitrogens is 1. The van der Waals surface area contributed by atoms with E-state index in [1.54, 1.807) is 11.8 Å². The fourth-order valence-corrected chi connectivity index (χ4v) is 5.11. The van der Waals surface area contributed by atoms with Gasteiger partial charge in [0, 0.05) is 23.1 Å². The van der Waals surface area contributed by atoms with Crippen molar-refractivity contribution >= 4 is 28.6 Å². The van der Waals surface area contributed by atoms with Gasteiger partial charge in [0.25, 0.3) is 0 Å². The summed E-state index contributed by atoms with van der Waals surface area (Å²) < 4.78 is 0. The van der Waals surface area contributed by atoms with Crippen LogP contribution in [0.2, 0.25) is 0 Å². The molecule has 128 valence electrons. The summed E-state index contributed by atoms with van der Waals surface area (Å²) in [5, 5.41) is 1.35. The summed E-state index contributed by atoms with van der Waals surface area (Å²) in [4.78, 5) is 18.6. The lowest BCUT2D eigenvalue weighted by molar-refractivity contribution is -0.133. The minimum Gasteiger partial charge on any atom is -0.356 e. The molecular weight excluding hydrogens is 316 g/mol. The highest BCUT2D eigenvalue weighted by Crippen LogP contribution is 2.43. The van der Waals surface area contributed by atoms with Gasteiger partial charge >= 0.3 is 0 Å². The molecule has 0 spiro atoms. The lowest BCUT2D eigenvalue weighted by Crippen LogP contribution is -2.44. The number of thioether (sulfide) groups is 1. The minimum absolute atomic E-state index is 0.251. The summed E-state index contributed by atoms with van der Waals surface area (Å²) in [5.41, 5.74) is 4.00. The number of hydrogen-bond donors (Lipinski definition) is 1. The second-order valence-corrected chi connectivity index (χ2v) is 8.04. The number of nitrogens with one attached hydrogen (secondary N) is 1. The lowest BCUT2D eigenvalue weighted by Gasteiger charge is -2.41. The molecule has 1 aromatic heterocycles. The largest absolute Gasteiger partial charge is 0.356 e. The number of aromatic amines is 1. The highest BCUT2D eigenvalue weighted by molar-refractivity contribution is 7.99. The molecule has 2 aliphatic rings. The fourth-order valence-electron chi connectivity index (χ4n) is 4.70. The van der Waals surface area contributed by atoms with Crippen molar-refractivity contribution in [3.63, 3.8) is 0 Å². The van der Waals surface area contributed by atoms with E-state index < -0.39 is 0 Å². The smallest absolute Gasteiger partial charge is 0.233 e. The topological polar surface area (TPSA) is 36.1 Å². The monoisotopic (exact) mass is 342 g/mol. The Hall–Kier alpha value is -1.42. The van der Waals surface area contributed by atoms with Crippen molar-refractivity contribution in [2.45, 2.75) is 44.6 Å². The molecule has 1 unspecified atom stereocenters. The van der Waals surface area contributed by atoms with Crippen LogP contribution in [0.5, 0.6) is 0 Å². The molecule has 1 saturated carbocycles. The highest BCUT2D eigenvalue weighted by atomic mass is 32.2. The molecule has 1 aromatic carbocycles. The normalized spacial score (nSPS) is 21.9. The molecule has 24 heavy (non-hydrogen) atoms. The number of aromatic nitrogens is 1. The standard InChI is InChI=1S/C20H26N2OS/c1-24-13-18(23)22-12-11-16-15-9-5-6-10-17(15)21-19(16)20(22)14-7-3-2-4-8-14/h5-6,9-10,14,20-21H,2-4,7-8,11-13H2,1H3. The van der Waals surface area contributed by atoms with Crippen LogP contribution >= 0.6 is 11.8 Å². The second kappa shape index (κ2) is 6.83. The molecule has 2 aromatic rings. The molecule has 0 saturated heterocycles. The third-order valence-electron chi connectivity index (χ3n) is 5.77. The van der Waals surface area contributed by atoms with E-state index in [4.69, 9.17) is 0 Å². The Labute approximate surface area is 148 Å². The number of para-hydroxylation sites is 1. The van der Waals surface area contributed by atoms with Gasteiger partial charge in [-0.3, -0.25) is 4.79 Å². The van der Waals surface area contributed by atoms with Crippen molar-refractivity contribution in [2.75, 3.05) is 18.6 Å². The van der Waals surface area contributed by atoms with E-state index in [0.717, 1.165) is 13.0 Å². The van der Waals surface area contributed by atoms with E-state index >= 15 is 0 Å². The van der Waals surface area contributed by atoms with Crippen LogP contribution in [-0.2, 0) is 11.2 Å². The van der Waals surface area contributed by atoms with Gasteiger partial charge in [-0.15, -0.1) is 0 Å². The average molecular weight is 343 g/mol. The van der Waals surface area contributed by atoms with Gasteiger partial charge in [0.1, 0.15) is 0 Å². The Morgan fingerprint density at radius 1 is 1.25 bits per heavy atom. The number of fused-ring (bicyclic) bond motifs is 3. The zero-order valence-corrected chi connectivity index (χ0v) is 15.2. The van der Waals surface area contributed by atoms with Crippen molar-refractivity contribution in [1.29, 1.82) is 0 Å². The Balaban J connectivity index is 1.77. The number of hydrogen-bond acceptors (Lipinski definition) is 2. The molecule has 1 atom stereocenters. The van der Waals surface area contributed by atoms with Crippen molar-refractivity contribution in [3.05, 3.63) is 35.5 Å². The van der Waals surface area contributed by atoms with Gasteiger partial charge in [0.05, 0.1) is 11.8 Å². The SMILES string of the molecule is CSCC(=O)N1CCc2c([nH]c3ccccc23)C1C1CCCCC1.